The van der Waals surface area contributed by atoms with Gasteiger partial charge in [-0.25, -0.2) is 0 Å². The molecule has 3 unspecified atom stereocenters. The predicted octanol–water partition coefficient (Wildman–Crippen LogP) is 2.49. The molecular formula is C13H28N2. The summed E-state index contributed by atoms with van der Waals surface area (Å²) >= 11 is 0. The lowest BCUT2D eigenvalue weighted by Gasteiger charge is -2.37. The fourth-order valence-electron chi connectivity index (χ4n) is 2.50. The van der Waals surface area contributed by atoms with Crippen LogP contribution in [0.2, 0.25) is 0 Å². The summed E-state index contributed by atoms with van der Waals surface area (Å²) in [7, 11) is 0. The first kappa shape index (κ1) is 13.0. The number of nitrogens with zero attached hydrogens (tertiary/aromatic N) is 1. The van der Waals surface area contributed by atoms with E-state index in [0.717, 1.165) is 18.5 Å². The first-order valence-electron chi connectivity index (χ1n) is 6.61. The second kappa shape index (κ2) is 6.49. The third-order valence-corrected chi connectivity index (χ3v) is 3.65. The van der Waals surface area contributed by atoms with Crippen LogP contribution in [0.25, 0.3) is 0 Å². The average molecular weight is 212 g/mol. The molecule has 1 aliphatic rings. The van der Waals surface area contributed by atoms with Crippen molar-refractivity contribution < 1.29 is 0 Å². The minimum absolute atomic E-state index is 0.666. The molecule has 0 radical (unpaired) electrons. The zero-order valence-corrected chi connectivity index (χ0v) is 10.9. The zero-order valence-electron chi connectivity index (χ0n) is 10.9. The van der Waals surface area contributed by atoms with E-state index >= 15 is 0 Å². The first-order valence-corrected chi connectivity index (χ1v) is 6.61. The molecule has 0 aromatic rings. The fraction of sp³-hybridized carbons (Fsp3) is 1.00. The van der Waals surface area contributed by atoms with Crippen molar-refractivity contribution in [2.75, 3.05) is 19.6 Å². The third kappa shape index (κ3) is 4.52. The summed E-state index contributed by atoms with van der Waals surface area (Å²) < 4.78 is 0. The molecule has 1 aliphatic heterocycles. The van der Waals surface area contributed by atoms with E-state index in [2.05, 4.69) is 37.9 Å². The van der Waals surface area contributed by atoms with E-state index in [0.29, 0.717) is 6.04 Å². The van der Waals surface area contributed by atoms with E-state index in [1.807, 2.05) is 0 Å². The molecule has 1 rings (SSSR count). The molecular weight excluding hydrogens is 184 g/mol. The second-order valence-corrected chi connectivity index (χ2v) is 5.27. The molecule has 1 fully saturated rings. The SMILES string of the molecule is CCNC(C)CCN1CC(C)CCC1C. The van der Waals surface area contributed by atoms with E-state index < -0.39 is 0 Å². The molecule has 2 nitrogen and oxygen atoms in total. The number of nitrogens with one attached hydrogen (secondary N) is 1. The average Bonchev–Trinajstić information content (AvgIpc) is 2.20. The highest BCUT2D eigenvalue weighted by atomic mass is 15.2. The maximum Gasteiger partial charge on any atom is 0.00671 e. The molecule has 3 atom stereocenters. The van der Waals surface area contributed by atoms with Crippen LogP contribution in [0, 0.1) is 5.92 Å². The minimum Gasteiger partial charge on any atom is -0.314 e. The van der Waals surface area contributed by atoms with Crippen LogP contribution >= 0.6 is 0 Å². The van der Waals surface area contributed by atoms with Crippen molar-refractivity contribution in [2.45, 2.75) is 59.0 Å². The standard InChI is InChI=1S/C13H28N2/c1-5-14-12(3)8-9-15-10-11(2)6-7-13(15)4/h11-14H,5-10H2,1-4H3. The molecule has 1 saturated heterocycles. The van der Waals surface area contributed by atoms with Gasteiger partial charge in [-0.2, -0.15) is 0 Å². The number of piperidine rings is 1. The van der Waals surface area contributed by atoms with Crippen LogP contribution in [0.1, 0.15) is 47.0 Å². The molecule has 15 heavy (non-hydrogen) atoms. The van der Waals surface area contributed by atoms with Crippen molar-refractivity contribution in [3.63, 3.8) is 0 Å². The molecule has 0 aromatic carbocycles. The predicted molar refractivity (Wildman–Crippen MR) is 67.2 cm³/mol. The van der Waals surface area contributed by atoms with Crippen molar-refractivity contribution >= 4 is 0 Å². The lowest BCUT2D eigenvalue weighted by atomic mass is 9.95. The van der Waals surface area contributed by atoms with E-state index in [9.17, 15) is 0 Å². The van der Waals surface area contributed by atoms with Crippen LogP contribution in [0.4, 0.5) is 0 Å². The Morgan fingerprint density at radius 1 is 1.33 bits per heavy atom. The highest BCUT2D eigenvalue weighted by Crippen LogP contribution is 2.21. The molecule has 0 aromatic heterocycles. The lowest BCUT2D eigenvalue weighted by molar-refractivity contribution is 0.120. The Bertz CT molecular complexity index is 170. The molecule has 0 spiro atoms. The summed E-state index contributed by atoms with van der Waals surface area (Å²) in [6.07, 6.45) is 4.09. The Morgan fingerprint density at radius 3 is 2.73 bits per heavy atom. The van der Waals surface area contributed by atoms with Gasteiger partial charge < -0.3 is 10.2 Å². The Kier molecular flexibility index (Phi) is 5.62. The van der Waals surface area contributed by atoms with Crippen molar-refractivity contribution in [1.29, 1.82) is 0 Å². The third-order valence-electron chi connectivity index (χ3n) is 3.65. The number of hydrogen-bond acceptors (Lipinski definition) is 2. The lowest BCUT2D eigenvalue weighted by Crippen LogP contribution is -2.43. The van der Waals surface area contributed by atoms with Gasteiger partial charge in [0.05, 0.1) is 0 Å². The molecule has 90 valence electrons. The Balaban J connectivity index is 2.23. The van der Waals surface area contributed by atoms with Gasteiger partial charge in [0.2, 0.25) is 0 Å². The van der Waals surface area contributed by atoms with Gasteiger partial charge in [0.25, 0.3) is 0 Å². The van der Waals surface area contributed by atoms with Gasteiger partial charge in [-0.3, -0.25) is 0 Å². The monoisotopic (exact) mass is 212 g/mol. The molecule has 1 heterocycles. The van der Waals surface area contributed by atoms with E-state index in [4.69, 9.17) is 0 Å². The number of rotatable bonds is 5. The highest BCUT2D eigenvalue weighted by molar-refractivity contribution is 4.77. The topological polar surface area (TPSA) is 15.3 Å². The van der Waals surface area contributed by atoms with Crippen LogP contribution in [-0.4, -0.2) is 36.6 Å². The summed E-state index contributed by atoms with van der Waals surface area (Å²) in [6.45, 7) is 12.9. The van der Waals surface area contributed by atoms with Gasteiger partial charge in [-0.05, 0) is 52.1 Å². The molecule has 0 amide bonds. The van der Waals surface area contributed by atoms with Gasteiger partial charge in [-0.1, -0.05) is 13.8 Å². The van der Waals surface area contributed by atoms with Crippen LogP contribution in [0.15, 0.2) is 0 Å². The smallest absolute Gasteiger partial charge is 0.00671 e. The summed E-state index contributed by atoms with van der Waals surface area (Å²) in [5, 5.41) is 3.48. The summed E-state index contributed by atoms with van der Waals surface area (Å²) in [6, 6.07) is 1.47. The van der Waals surface area contributed by atoms with Gasteiger partial charge in [0.15, 0.2) is 0 Å². The molecule has 2 heteroatoms. The summed E-state index contributed by atoms with van der Waals surface area (Å²) in [5.74, 6) is 0.899. The van der Waals surface area contributed by atoms with E-state index in [1.165, 1.54) is 32.4 Å². The Morgan fingerprint density at radius 2 is 2.07 bits per heavy atom. The van der Waals surface area contributed by atoms with Crippen molar-refractivity contribution in [2.24, 2.45) is 5.92 Å². The zero-order chi connectivity index (χ0) is 11.3. The van der Waals surface area contributed by atoms with Gasteiger partial charge in [0.1, 0.15) is 0 Å². The van der Waals surface area contributed by atoms with E-state index in [-0.39, 0.29) is 0 Å². The van der Waals surface area contributed by atoms with Crippen molar-refractivity contribution in [3.05, 3.63) is 0 Å². The van der Waals surface area contributed by atoms with Crippen LogP contribution < -0.4 is 5.32 Å². The van der Waals surface area contributed by atoms with Gasteiger partial charge >= 0.3 is 0 Å². The normalized spacial score (nSPS) is 30.4. The number of likely N-dealkylation sites (tertiary alicyclic amines) is 1. The van der Waals surface area contributed by atoms with Gasteiger partial charge in [0, 0.05) is 18.6 Å². The van der Waals surface area contributed by atoms with Crippen LogP contribution in [0.5, 0.6) is 0 Å². The molecule has 0 bridgehead atoms. The Labute approximate surface area is 95.4 Å². The molecule has 0 saturated carbocycles. The summed E-state index contributed by atoms with van der Waals surface area (Å²) in [4.78, 5) is 2.67. The first-order chi connectivity index (χ1) is 7.13. The maximum absolute atomic E-state index is 3.48. The van der Waals surface area contributed by atoms with Crippen LogP contribution in [-0.2, 0) is 0 Å². The van der Waals surface area contributed by atoms with Crippen molar-refractivity contribution in [3.8, 4) is 0 Å². The Hall–Kier alpha value is -0.0800. The highest BCUT2D eigenvalue weighted by Gasteiger charge is 2.22. The summed E-state index contributed by atoms with van der Waals surface area (Å²) in [5.41, 5.74) is 0. The van der Waals surface area contributed by atoms with Crippen LogP contribution in [0.3, 0.4) is 0 Å². The van der Waals surface area contributed by atoms with E-state index in [1.54, 1.807) is 0 Å². The molecule has 1 N–H and O–H groups in total. The second-order valence-electron chi connectivity index (χ2n) is 5.27. The number of hydrogen-bond donors (Lipinski definition) is 1. The van der Waals surface area contributed by atoms with Gasteiger partial charge in [-0.15, -0.1) is 0 Å². The maximum atomic E-state index is 3.48. The molecule has 0 aliphatic carbocycles. The minimum atomic E-state index is 0.666. The largest absolute Gasteiger partial charge is 0.314 e. The van der Waals surface area contributed by atoms with Crippen molar-refractivity contribution in [1.82, 2.24) is 10.2 Å². The quantitative estimate of drug-likeness (QED) is 0.753. The fourth-order valence-corrected chi connectivity index (χ4v) is 2.50.